The minimum Gasteiger partial charge on any atom is -0.455 e. The van der Waals surface area contributed by atoms with Crippen LogP contribution in [-0.2, 0) is 0 Å². The molecule has 0 bridgehead atoms. The average molecular weight is 880 g/mol. The molecule has 0 aliphatic rings. The van der Waals surface area contributed by atoms with Gasteiger partial charge in [0.05, 0.1) is 33.5 Å². The normalized spacial score (nSPS) is 11.8. The number of para-hydroxylation sites is 5. The van der Waals surface area contributed by atoms with Crippen molar-refractivity contribution < 1.29 is 4.42 Å². The van der Waals surface area contributed by atoms with Gasteiger partial charge in [0.25, 0.3) is 0 Å². The van der Waals surface area contributed by atoms with Crippen LogP contribution in [0, 0.1) is 0 Å². The van der Waals surface area contributed by atoms with Gasteiger partial charge in [-0.1, -0.05) is 170 Å². The molecule has 14 aromatic rings. The summed E-state index contributed by atoms with van der Waals surface area (Å²) in [6, 6.07) is 89.1. The van der Waals surface area contributed by atoms with E-state index in [0.29, 0.717) is 0 Å². The molecule has 4 heteroatoms. The van der Waals surface area contributed by atoms with Gasteiger partial charge in [-0.25, -0.2) is 4.98 Å². The largest absolute Gasteiger partial charge is 0.455 e. The molecule has 69 heavy (non-hydrogen) atoms. The van der Waals surface area contributed by atoms with E-state index in [2.05, 4.69) is 258 Å². The molecule has 4 heterocycles. The van der Waals surface area contributed by atoms with Gasteiger partial charge in [0.15, 0.2) is 0 Å². The van der Waals surface area contributed by atoms with Crippen molar-refractivity contribution in [1.82, 2.24) is 14.1 Å². The van der Waals surface area contributed by atoms with Crippen molar-refractivity contribution in [2.75, 3.05) is 0 Å². The molecule has 0 aliphatic heterocycles. The number of nitrogens with zero attached hydrogens (tertiary/aromatic N) is 3. The first-order valence-electron chi connectivity index (χ1n) is 23.5. The van der Waals surface area contributed by atoms with Crippen LogP contribution in [-0.4, -0.2) is 14.1 Å². The molecule has 4 aromatic heterocycles. The molecule has 0 saturated heterocycles. The summed E-state index contributed by atoms with van der Waals surface area (Å²) in [6.07, 6.45) is 0. The van der Waals surface area contributed by atoms with Gasteiger partial charge in [-0.3, -0.25) is 0 Å². The Hall–Kier alpha value is -9.25. The van der Waals surface area contributed by atoms with E-state index >= 15 is 0 Å². The molecule has 4 nitrogen and oxygen atoms in total. The van der Waals surface area contributed by atoms with Crippen LogP contribution in [0.3, 0.4) is 0 Å². The summed E-state index contributed by atoms with van der Waals surface area (Å²) in [5, 5.41) is 6.95. The molecule has 14 rings (SSSR count). The number of aromatic nitrogens is 3. The highest BCUT2D eigenvalue weighted by molar-refractivity contribution is 6.20. The zero-order chi connectivity index (χ0) is 45.4. The van der Waals surface area contributed by atoms with Gasteiger partial charge in [-0.15, -0.1) is 0 Å². The first-order valence-corrected chi connectivity index (χ1v) is 23.5. The Labute approximate surface area is 398 Å². The van der Waals surface area contributed by atoms with Crippen LogP contribution >= 0.6 is 0 Å². The summed E-state index contributed by atoms with van der Waals surface area (Å²) in [6.45, 7) is 0. The van der Waals surface area contributed by atoms with Gasteiger partial charge >= 0.3 is 0 Å². The molecule has 0 aliphatic carbocycles. The summed E-state index contributed by atoms with van der Waals surface area (Å²) in [4.78, 5) is 5.27. The lowest BCUT2D eigenvalue weighted by Crippen LogP contribution is -1.93. The highest BCUT2D eigenvalue weighted by atomic mass is 16.3. The quantitative estimate of drug-likeness (QED) is 0.160. The van der Waals surface area contributed by atoms with Gasteiger partial charge < -0.3 is 13.6 Å². The number of fused-ring (bicyclic) bond motifs is 9. The zero-order valence-corrected chi connectivity index (χ0v) is 37.4. The van der Waals surface area contributed by atoms with Crippen molar-refractivity contribution in [2.24, 2.45) is 0 Å². The minimum absolute atomic E-state index is 0.849. The van der Waals surface area contributed by atoms with Crippen molar-refractivity contribution in [3.63, 3.8) is 0 Å². The van der Waals surface area contributed by atoms with Crippen LogP contribution in [0.2, 0.25) is 0 Å². The van der Waals surface area contributed by atoms with Crippen molar-refractivity contribution in [3.8, 4) is 67.3 Å². The Kier molecular flexibility index (Phi) is 8.86. The van der Waals surface area contributed by atoms with Crippen molar-refractivity contribution in [3.05, 3.63) is 249 Å². The number of pyridine rings is 1. The molecule has 0 N–H and O–H groups in total. The molecule has 0 saturated carbocycles. The highest BCUT2D eigenvalue weighted by Crippen LogP contribution is 2.47. The van der Waals surface area contributed by atoms with Gasteiger partial charge in [0, 0.05) is 65.9 Å². The standard InChI is InChI=1S/C65H41N3O/c1-5-18-42(19-6-1)57-40-46(41-58(66-57)43-20-7-2-8-21-43)49-34-35-51(45-33-37-62-56(39-45)53-27-14-16-31-60(53)68(62)48-24-11-4-12-25-48)65-63(49)54-29-17-28-50(64(54)69-65)44-32-36-61-55(38-44)52-26-13-15-30-59(52)67(61)47-22-9-3-10-23-47/h1-41H. The second-order valence-electron chi connectivity index (χ2n) is 17.8. The Morgan fingerprint density at radius 3 is 1.25 bits per heavy atom. The van der Waals surface area contributed by atoms with Crippen molar-refractivity contribution in [1.29, 1.82) is 0 Å². The highest BCUT2D eigenvalue weighted by Gasteiger charge is 2.23. The molecule has 0 atom stereocenters. The lowest BCUT2D eigenvalue weighted by molar-refractivity contribution is 0.671. The molecule has 0 radical (unpaired) electrons. The predicted octanol–water partition coefficient (Wildman–Crippen LogP) is 17.5. The SMILES string of the molecule is c1ccc(-c2cc(-c3ccc(-c4ccc5c(c4)c4ccccc4n5-c4ccccc4)c4oc5c(-c6ccc7c(c6)c6ccccc6n7-c6ccccc6)cccc5c34)cc(-c3ccccc3)n2)cc1. The number of hydrogen-bond acceptors (Lipinski definition) is 2. The summed E-state index contributed by atoms with van der Waals surface area (Å²) in [7, 11) is 0. The molecule has 0 fully saturated rings. The van der Waals surface area contributed by atoms with Gasteiger partial charge in [0.2, 0.25) is 0 Å². The average Bonchev–Trinajstić information content (AvgIpc) is 4.09. The summed E-state index contributed by atoms with van der Waals surface area (Å²) in [5.74, 6) is 0. The fourth-order valence-electron chi connectivity index (χ4n) is 10.8. The maximum Gasteiger partial charge on any atom is 0.143 e. The number of benzene rings is 10. The Morgan fingerprint density at radius 1 is 0.275 bits per heavy atom. The molecule has 322 valence electrons. The van der Waals surface area contributed by atoms with E-state index in [1.54, 1.807) is 0 Å². The number of furan rings is 1. The van der Waals surface area contributed by atoms with Crippen molar-refractivity contribution in [2.45, 2.75) is 0 Å². The smallest absolute Gasteiger partial charge is 0.143 e. The predicted molar refractivity (Wildman–Crippen MR) is 287 cm³/mol. The summed E-state index contributed by atoms with van der Waals surface area (Å²) < 4.78 is 12.2. The van der Waals surface area contributed by atoms with E-state index in [0.717, 1.165) is 100 Å². The second kappa shape index (κ2) is 15.7. The van der Waals surface area contributed by atoms with Gasteiger partial charge in [-0.05, 0) is 101 Å². The number of hydrogen-bond donors (Lipinski definition) is 0. The number of rotatable bonds is 7. The van der Waals surface area contributed by atoms with E-state index in [1.165, 1.54) is 32.6 Å². The first-order chi connectivity index (χ1) is 34.2. The molecule has 10 aromatic carbocycles. The molecule has 0 unspecified atom stereocenters. The Bertz CT molecular complexity index is 4220. The topological polar surface area (TPSA) is 35.9 Å². The third kappa shape index (κ3) is 6.27. The van der Waals surface area contributed by atoms with Crippen LogP contribution in [0.25, 0.3) is 133 Å². The molecule has 0 spiro atoms. The van der Waals surface area contributed by atoms with Crippen LogP contribution in [0.1, 0.15) is 0 Å². The van der Waals surface area contributed by atoms with E-state index in [-0.39, 0.29) is 0 Å². The zero-order valence-electron chi connectivity index (χ0n) is 37.4. The maximum absolute atomic E-state index is 7.44. The van der Waals surface area contributed by atoms with E-state index in [1.807, 2.05) is 0 Å². The first kappa shape index (κ1) is 39.0. The third-order valence-electron chi connectivity index (χ3n) is 13.9. The van der Waals surface area contributed by atoms with Crippen LogP contribution < -0.4 is 0 Å². The Balaban J connectivity index is 1.03. The Morgan fingerprint density at radius 2 is 0.710 bits per heavy atom. The maximum atomic E-state index is 7.44. The molecular weight excluding hydrogens is 839 g/mol. The van der Waals surface area contributed by atoms with Gasteiger partial charge in [-0.2, -0.15) is 0 Å². The fourth-order valence-corrected chi connectivity index (χ4v) is 10.8. The summed E-state index contributed by atoms with van der Waals surface area (Å²) in [5.41, 5.74) is 19.1. The van der Waals surface area contributed by atoms with Gasteiger partial charge in [0.1, 0.15) is 11.2 Å². The molecule has 0 amide bonds. The molecular formula is C65H41N3O. The fraction of sp³-hybridized carbons (Fsp3) is 0. The second-order valence-corrected chi connectivity index (χ2v) is 17.8. The third-order valence-corrected chi connectivity index (χ3v) is 13.9. The van der Waals surface area contributed by atoms with E-state index < -0.39 is 0 Å². The van der Waals surface area contributed by atoms with E-state index in [4.69, 9.17) is 9.40 Å². The van der Waals surface area contributed by atoms with Crippen LogP contribution in [0.5, 0.6) is 0 Å². The van der Waals surface area contributed by atoms with Crippen LogP contribution in [0.4, 0.5) is 0 Å². The monoisotopic (exact) mass is 879 g/mol. The lowest BCUT2D eigenvalue weighted by atomic mass is 9.92. The summed E-state index contributed by atoms with van der Waals surface area (Å²) >= 11 is 0. The van der Waals surface area contributed by atoms with Crippen molar-refractivity contribution >= 4 is 65.6 Å². The minimum atomic E-state index is 0.849. The van der Waals surface area contributed by atoms with Crippen LogP contribution in [0.15, 0.2) is 253 Å². The lowest BCUT2D eigenvalue weighted by Gasteiger charge is -2.13. The van der Waals surface area contributed by atoms with E-state index in [9.17, 15) is 0 Å².